The molecule has 4 aromatic rings. The molecule has 2 heterocycles. The molecule has 0 N–H and O–H groups in total. The second-order valence-electron chi connectivity index (χ2n) is 7.37. The van der Waals surface area contributed by atoms with Crippen LogP contribution >= 0.6 is 11.6 Å². The fourth-order valence-corrected chi connectivity index (χ4v) is 3.98. The molecule has 5 heteroatoms. The summed E-state index contributed by atoms with van der Waals surface area (Å²) in [5.74, 6) is -0.234. The minimum Gasteiger partial charge on any atom is -0.369 e. The summed E-state index contributed by atoms with van der Waals surface area (Å²) < 4.78 is 15.6. The lowest BCUT2D eigenvalue weighted by molar-refractivity contribution is 0.627. The molecule has 0 amide bonds. The highest BCUT2D eigenvalue weighted by molar-refractivity contribution is 6.31. The summed E-state index contributed by atoms with van der Waals surface area (Å²) in [5.41, 5.74) is 6.59. The van der Waals surface area contributed by atoms with Crippen molar-refractivity contribution in [2.45, 2.75) is 26.9 Å². The summed E-state index contributed by atoms with van der Waals surface area (Å²) in [6.45, 7) is 5.59. The fraction of sp³-hybridized carbons (Fsp3) is 0.208. The molecule has 0 fully saturated rings. The number of rotatable bonds is 5. The molecule has 4 rings (SSSR count). The Bertz CT molecular complexity index is 1160. The third kappa shape index (κ3) is 3.73. The maximum Gasteiger partial charge on any atom is 0.123 e. The summed E-state index contributed by atoms with van der Waals surface area (Å²) in [6, 6.07) is 16.5. The zero-order chi connectivity index (χ0) is 20.5. The summed E-state index contributed by atoms with van der Waals surface area (Å²) in [4.78, 5) is 6.78. The van der Waals surface area contributed by atoms with Crippen molar-refractivity contribution in [1.29, 1.82) is 0 Å². The SMILES string of the molecule is Cc1c(C)n(Cc2ccccc2Cl)c2c(CN(C)c3ccc(F)cc3)nccc12. The Balaban J connectivity index is 1.78. The van der Waals surface area contributed by atoms with Crippen molar-refractivity contribution in [2.24, 2.45) is 0 Å². The number of hydrogen-bond acceptors (Lipinski definition) is 2. The van der Waals surface area contributed by atoms with Crippen LogP contribution in [0, 0.1) is 19.7 Å². The van der Waals surface area contributed by atoms with Crippen LogP contribution in [0.2, 0.25) is 5.02 Å². The molecule has 0 aliphatic rings. The van der Waals surface area contributed by atoms with Crippen LogP contribution in [0.4, 0.5) is 10.1 Å². The van der Waals surface area contributed by atoms with E-state index in [4.69, 9.17) is 16.6 Å². The number of fused-ring (bicyclic) bond motifs is 1. The number of anilines is 1. The van der Waals surface area contributed by atoms with Gasteiger partial charge in [0.25, 0.3) is 0 Å². The highest BCUT2D eigenvalue weighted by atomic mass is 35.5. The Labute approximate surface area is 175 Å². The van der Waals surface area contributed by atoms with Gasteiger partial charge in [-0.25, -0.2) is 4.39 Å². The van der Waals surface area contributed by atoms with Gasteiger partial charge in [0.1, 0.15) is 5.82 Å². The van der Waals surface area contributed by atoms with Crippen LogP contribution < -0.4 is 4.90 Å². The smallest absolute Gasteiger partial charge is 0.123 e. The van der Waals surface area contributed by atoms with E-state index in [1.807, 2.05) is 31.4 Å². The predicted molar refractivity (Wildman–Crippen MR) is 118 cm³/mol. The second-order valence-corrected chi connectivity index (χ2v) is 7.78. The van der Waals surface area contributed by atoms with Gasteiger partial charge >= 0.3 is 0 Å². The van der Waals surface area contributed by atoms with E-state index >= 15 is 0 Å². The van der Waals surface area contributed by atoms with E-state index in [-0.39, 0.29) is 5.82 Å². The minimum atomic E-state index is -0.234. The Morgan fingerprint density at radius 1 is 1.03 bits per heavy atom. The Morgan fingerprint density at radius 3 is 2.48 bits per heavy atom. The first kappa shape index (κ1) is 19.5. The van der Waals surface area contributed by atoms with E-state index in [1.165, 1.54) is 28.8 Å². The first-order chi connectivity index (χ1) is 14.0. The summed E-state index contributed by atoms with van der Waals surface area (Å²) >= 11 is 6.43. The Hall–Kier alpha value is -2.85. The number of aromatic nitrogens is 2. The summed E-state index contributed by atoms with van der Waals surface area (Å²) in [5, 5.41) is 1.97. The highest BCUT2D eigenvalue weighted by Crippen LogP contribution is 2.30. The monoisotopic (exact) mass is 407 g/mol. The molecule has 0 bridgehead atoms. The maximum atomic E-state index is 13.3. The minimum absolute atomic E-state index is 0.234. The zero-order valence-electron chi connectivity index (χ0n) is 16.8. The van der Waals surface area contributed by atoms with Gasteiger partial charge in [0.05, 0.1) is 17.8 Å². The molecule has 2 aromatic carbocycles. The third-order valence-corrected chi connectivity index (χ3v) is 5.93. The normalized spacial score (nSPS) is 11.2. The quantitative estimate of drug-likeness (QED) is 0.396. The van der Waals surface area contributed by atoms with Crippen molar-refractivity contribution >= 4 is 28.2 Å². The highest BCUT2D eigenvalue weighted by Gasteiger charge is 2.17. The zero-order valence-corrected chi connectivity index (χ0v) is 17.5. The van der Waals surface area contributed by atoms with Gasteiger partial charge in [-0.1, -0.05) is 29.8 Å². The first-order valence-electron chi connectivity index (χ1n) is 9.59. The fourth-order valence-electron chi connectivity index (χ4n) is 3.79. The molecule has 0 radical (unpaired) electrons. The first-order valence-corrected chi connectivity index (χ1v) is 9.97. The average Bonchev–Trinajstić information content (AvgIpc) is 2.96. The molecular formula is C24H23ClFN3. The number of pyridine rings is 1. The van der Waals surface area contributed by atoms with Crippen molar-refractivity contribution < 1.29 is 4.39 Å². The molecule has 0 unspecified atom stereocenters. The van der Waals surface area contributed by atoms with E-state index in [0.717, 1.165) is 27.5 Å². The van der Waals surface area contributed by atoms with E-state index in [0.29, 0.717) is 13.1 Å². The van der Waals surface area contributed by atoms with Gasteiger partial charge in [-0.3, -0.25) is 4.98 Å². The number of nitrogens with zero attached hydrogens (tertiary/aromatic N) is 3. The predicted octanol–water partition coefficient (Wildman–Crippen LogP) is 6.13. The van der Waals surface area contributed by atoms with Crippen LogP contribution in [-0.2, 0) is 13.1 Å². The van der Waals surface area contributed by atoms with Crippen molar-refractivity contribution in [3.05, 3.63) is 94.1 Å². The van der Waals surface area contributed by atoms with Crippen LogP contribution in [-0.4, -0.2) is 16.6 Å². The van der Waals surface area contributed by atoms with Gasteiger partial charge in [-0.2, -0.15) is 0 Å². The van der Waals surface area contributed by atoms with Crippen LogP contribution in [0.25, 0.3) is 10.9 Å². The molecule has 0 saturated carbocycles. The van der Waals surface area contributed by atoms with Crippen molar-refractivity contribution in [3.63, 3.8) is 0 Å². The van der Waals surface area contributed by atoms with Gasteiger partial charge in [0, 0.05) is 41.6 Å². The van der Waals surface area contributed by atoms with Crippen molar-refractivity contribution in [3.8, 4) is 0 Å². The Morgan fingerprint density at radius 2 is 1.76 bits per heavy atom. The maximum absolute atomic E-state index is 13.3. The van der Waals surface area contributed by atoms with Crippen molar-refractivity contribution in [1.82, 2.24) is 9.55 Å². The largest absolute Gasteiger partial charge is 0.369 e. The van der Waals surface area contributed by atoms with Crippen molar-refractivity contribution in [2.75, 3.05) is 11.9 Å². The van der Waals surface area contributed by atoms with Gasteiger partial charge in [0.2, 0.25) is 0 Å². The molecule has 3 nitrogen and oxygen atoms in total. The van der Waals surface area contributed by atoms with Crippen LogP contribution in [0.15, 0.2) is 60.8 Å². The second kappa shape index (κ2) is 7.88. The van der Waals surface area contributed by atoms with E-state index < -0.39 is 0 Å². The molecular weight excluding hydrogens is 385 g/mol. The number of halogens is 2. The molecule has 2 aromatic heterocycles. The van der Waals surface area contributed by atoms with Crippen LogP contribution in [0.3, 0.4) is 0 Å². The van der Waals surface area contributed by atoms with Gasteiger partial charge in [-0.15, -0.1) is 0 Å². The van der Waals surface area contributed by atoms with E-state index in [9.17, 15) is 4.39 Å². The summed E-state index contributed by atoms with van der Waals surface area (Å²) in [7, 11) is 1.99. The van der Waals surface area contributed by atoms with E-state index in [1.54, 1.807) is 12.1 Å². The lowest BCUT2D eigenvalue weighted by Crippen LogP contribution is -2.18. The van der Waals surface area contributed by atoms with E-state index in [2.05, 4.69) is 35.4 Å². The molecule has 0 spiro atoms. The molecule has 29 heavy (non-hydrogen) atoms. The molecule has 0 atom stereocenters. The van der Waals surface area contributed by atoms with Gasteiger partial charge < -0.3 is 9.47 Å². The standard InChI is InChI=1S/C24H23ClFN3/c1-16-17(2)29(14-18-6-4-5-7-22(18)25)24-21(16)12-13-27-23(24)15-28(3)20-10-8-19(26)9-11-20/h4-13H,14-15H2,1-3H3. The topological polar surface area (TPSA) is 21.1 Å². The van der Waals surface area contributed by atoms with Crippen LogP contribution in [0.1, 0.15) is 22.5 Å². The average molecular weight is 408 g/mol. The molecule has 0 aliphatic heterocycles. The van der Waals surface area contributed by atoms with Gasteiger partial charge in [-0.05, 0) is 61.4 Å². The Kier molecular flexibility index (Phi) is 5.29. The number of hydrogen-bond donors (Lipinski definition) is 0. The molecule has 148 valence electrons. The van der Waals surface area contributed by atoms with Crippen LogP contribution in [0.5, 0.6) is 0 Å². The lowest BCUT2D eigenvalue weighted by atomic mass is 10.1. The molecule has 0 saturated heterocycles. The summed E-state index contributed by atoms with van der Waals surface area (Å²) in [6.07, 6.45) is 1.86. The van der Waals surface area contributed by atoms with Gasteiger partial charge in [0.15, 0.2) is 0 Å². The number of benzene rings is 2. The third-order valence-electron chi connectivity index (χ3n) is 5.56. The lowest BCUT2D eigenvalue weighted by Gasteiger charge is -2.20. The number of aryl methyl sites for hydroxylation is 1. The molecule has 0 aliphatic carbocycles.